The van der Waals surface area contributed by atoms with E-state index in [1.54, 1.807) is 20.8 Å². The van der Waals surface area contributed by atoms with Gasteiger partial charge in [-0.2, -0.15) is 13.2 Å². The molecule has 1 saturated heterocycles. The molecule has 1 atom stereocenters. The summed E-state index contributed by atoms with van der Waals surface area (Å²) in [5.74, 6) is 0. The van der Waals surface area contributed by atoms with Crippen LogP contribution in [0.25, 0.3) is 0 Å². The number of carbonyl (C=O) groups is 1. The molecular formula is C11H19F3N2O2. The Labute approximate surface area is 104 Å². The molecule has 0 saturated carbocycles. The Morgan fingerprint density at radius 1 is 1.39 bits per heavy atom. The van der Waals surface area contributed by atoms with Gasteiger partial charge in [0.15, 0.2) is 0 Å². The number of hydrogen-bond donors (Lipinski definition) is 1. The second-order valence-corrected chi connectivity index (χ2v) is 5.35. The van der Waals surface area contributed by atoms with Gasteiger partial charge in [0.1, 0.15) is 5.60 Å². The molecular weight excluding hydrogens is 249 g/mol. The van der Waals surface area contributed by atoms with Gasteiger partial charge in [0, 0.05) is 19.1 Å². The molecule has 0 aromatic carbocycles. The van der Waals surface area contributed by atoms with E-state index in [2.05, 4.69) is 0 Å². The van der Waals surface area contributed by atoms with Gasteiger partial charge < -0.3 is 9.64 Å². The molecule has 0 radical (unpaired) electrons. The Morgan fingerprint density at radius 2 is 2.00 bits per heavy atom. The Kier molecular flexibility index (Phi) is 4.47. The number of ether oxygens (including phenoxy) is 1. The molecule has 1 aliphatic heterocycles. The standard InChI is InChI=1S/C11H19F3N2O2/c1-10(2,3)18-9(17)16-6-4-5-8(16)7-15-11(12,13)14/h8,15H,4-7H2,1-3H3/t8-/m0/s1. The van der Waals surface area contributed by atoms with Gasteiger partial charge in [0.05, 0.1) is 0 Å². The van der Waals surface area contributed by atoms with Crippen molar-refractivity contribution in [1.29, 1.82) is 0 Å². The van der Waals surface area contributed by atoms with Crippen molar-refractivity contribution in [2.24, 2.45) is 0 Å². The van der Waals surface area contributed by atoms with Crippen molar-refractivity contribution in [1.82, 2.24) is 10.2 Å². The summed E-state index contributed by atoms with van der Waals surface area (Å²) in [7, 11) is 0. The minimum atomic E-state index is -4.41. The SMILES string of the molecule is CC(C)(C)OC(=O)N1CCC[C@H]1CNC(F)(F)F. The fraction of sp³-hybridized carbons (Fsp3) is 0.909. The molecule has 0 aromatic rings. The number of hydrogen-bond acceptors (Lipinski definition) is 3. The molecule has 1 heterocycles. The molecule has 1 aliphatic rings. The lowest BCUT2D eigenvalue weighted by Gasteiger charge is -2.29. The maximum absolute atomic E-state index is 12.1. The van der Waals surface area contributed by atoms with Gasteiger partial charge in [-0.3, -0.25) is 0 Å². The second-order valence-electron chi connectivity index (χ2n) is 5.35. The van der Waals surface area contributed by atoms with Crippen LogP contribution in [0.5, 0.6) is 0 Å². The molecule has 0 unspecified atom stereocenters. The summed E-state index contributed by atoms with van der Waals surface area (Å²) in [6.07, 6.45) is -3.71. The van der Waals surface area contributed by atoms with E-state index in [-0.39, 0.29) is 6.54 Å². The summed E-state index contributed by atoms with van der Waals surface area (Å²) in [5, 5.41) is 1.46. The number of carbonyl (C=O) groups excluding carboxylic acids is 1. The lowest BCUT2D eigenvalue weighted by atomic mass is 10.2. The zero-order chi connectivity index (χ0) is 14.0. The highest BCUT2D eigenvalue weighted by Gasteiger charge is 2.35. The third kappa shape index (κ3) is 5.12. The summed E-state index contributed by atoms with van der Waals surface area (Å²) >= 11 is 0. The van der Waals surface area contributed by atoms with Crippen molar-refractivity contribution in [2.75, 3.05) is 13.1 Å². The minimum absolute atomic E-state index is 0.289. The van der Waals surface area contributed by atoms with Gasteiger partial charge in [-0.1, -0.05) is 0 Å². The first-order valence-electron chi connectivity index (χ1n) is 5.90. The maximum Gasteiger partial charge on any atom is 0.457 e. The molecule has 1 fully saturated rings. The average molecular weight is 268 g/mol. The quantitative estimate of drug-likeness (QED) is 0.782. The number of nitrogens with zero attached hydrogens (tertiary/aromatic N) is 1. The number of nitrogens with one attached hydrogen (secondary N) is 1. The topological polar surface area (TPSA) is 41.6 Å². The summed E-state index contributed by atoms with van der Waals surface area (Å²) in [6, 6.07) is -0.457. The van der Waals surface area contributed by atoms with Crippen LogP contribution >= 0.6 is 0 Å². The Morgan fingerprint density at radius 3 is 2.50 bits per heavy atom. The first-order valence-corrected chi connectivity index (χ1v) is 5.90. The van der Waals surface area contributed by atoms with Gasteiger partial charge in [0.25, 0.3) is 0 Å². The van der Waals surface area contributed by atoms with E-state index in [0.717, 1.165) is 0 Å². The van der Waals surface area contributed by atoms with E-state index < -0.39 is 24.0 Å². The number of alkyl halides is 3. The molecule has 18 heavy (non-hydrogen) atoms. The van der Waals surface area contributed by atoms with E-state index in [4.69, 9.17) is 4.74 Å². The van der Waals surface area contributed by atoms with Crippen LogP contribution < -0.4 is 5.32 Å². The largest absolute Gasteiger partial charge is 0.457 e. The fourth-order valence-corrected chi connectivity index (χ4v) is 1.84. The number of amides is 1. The van der Waals surface area contributed by atoms with Crippen molar-refractivity contribution < 1.29 is 22.7 Å². The van der Waals surface area contributed by atoms with Crippen LogP contribution in [-0.4, -0.2) is 42.0 Å². The molecule has 0 aliphatic carbocycles. The van der Waals surface area contributed by atoms with Crippen molar-refractivity contribution in [2.45, 2.75) is 51.6 Å². The summed E-state index contributed by atoms with van der Waals surface area (Å²) in [6.45, 7) is 5.33. The predicted molar refractivity (Wildman–Crippen MR) is 60.0 cm³/mol. The minimum Gasteiger partial charge on any atom is -0.444 e. The lowest BCUT2D eigenvalue weighted by Crippen LogP contribution is -2.46. The van der Waals surface area contributed by atoms with Crippen molar-refractivity contribution in [3.05, 3.63) is 0 Å². The Bertz CT molecular complexity index is 300. The molecule has 1 N–H and O–H groups in total. The summed E-state index contributed by atoms with van der Waals surface area (Å²) in [4.78, 5) is 13.2. The first kappa shape index (κ1) is 15.1. The van der Waals surface area contributed by atoms with Crippen LogP contribution in [0.2, 0.25) is 0 Å². The summed E-state index contributed by atoms with van der Waals surface area (Å²) < 4.78 is 41.3. The zero-order valence-corrected chi connectivity index (χ0v) is 10.8. The highest BCUT2D eigenvalue weighted by atomic mass is 19.4. The normalized spacial score (nSPS) is 21.2. The molecule has 7 heteroatoms. The monoisotopic (exact) mass is 268 g/mol. The highest BCUT2D eigenvalue weighted by Crippen LogP contribution is 2.21. The van der Waals surface area contributed by atoms with Crippen molar-refractivity contribution in [3.63, 3.8) is 0 Å². The lowest BCUT2D eigenvalue weighted by molar-refractivity contribution is -0.158. The van der Waals surface area contributed by atoms with E-state index in [1.165, 1.54) is 10.2 Å². The second kappa shape index (κ2) is 5.34. The van der Waals surface area contributed by atoms with E-state index in [1.807, 2.05) is 0 Å². The summed E-state index contributed by atoms with van der Waals surface area (Å²) in [5.41, 5.74) is -0.637. The number of halogens is 3. The average Bonchev–Trinajstić information content (AvgIpc) is 2.58. The van der Waals surface area contributed by atoms with Gasteiger partial charge >= 0.3 is 12.4 Å². The van der Waals surface area contributed by atoms with Crippen molar-refractivity contribution in [3.8, 4) is 0 Å². The molecule has 4 nitrogen and oxygen atoms in total. The van der Waals surface area contributed by atoms with Gasteiger partial charge in [-0.05, 0) is 33.6 Å². The first-order chi connectivity index (χ1) is 8.08. The van der Waals surface area contributed by atoms with E-state index in [0.29, 0.717) is 19.4 Å². The maximum atomic E-state index is 12.1. The van der Waals surface area contributed by atoms with E-state index in [9.17, 15) is 18.0 Å². The van der Waals surface area contributed by atoms with Crippen molar-refractivity contribution >= 4 is 6.09 Å². The van der Waals surface area contributed by atoms with Gasteiger partial charge in [-0.25, -0.2) is 10.1 Å². The molecule has 1 amide bonds. The van der Waals surface area contributed by atoms with Crippen LogP contribution in [0.3, 0.4) is 0 Å². The van der Waals surface area contributed by atoms with E-state index >= 15 is 0 Å². The van der Waals surface area contributed by atoms with Gasteiger partial charge in [0.2, 0.25) is 0 Å². The van der Waals surface area contributed by atoms with Crippen LogP contribution in [0.4, 0.5) is 18.0 Å². The zero-order valence-electron chi connectivity index (χ0n) is 10.8. The van der Waals surface area contributed by atoms with Crippen LogP contribution in [-0.2, 0) is 4.74 Å². The molecule has 0 spiro atoms. The number of likely N-dealkylation sites (tertiary alicyclic amines) is 1. The molecule has 1 rings (SSSR count). The molecule has 106 valence electrons. The fourth-order valence-electron chi connectivity index (χ4n) is 1.84. The third-order valence-electron chi connectivity index (χ3n) is 2.54. The molecule has 0 aromatic heterocycles. The smallest absolute Gasteiger partial charge is 0.444 e. The highest BCUT2D eigenvalue weighted by molar-refractivity contribution is 5.69. The van der Waals surface area contributed by atoms with Crippen LogP contribution in [0.15, 0.2) is 0 Å². The third-order valence-corrected chi connectivity index (χ3v) is 2.54. The predicted octanol–water partition coefficient (Wildman–Crippen LogP) is 2.50. The number of rotatable bonds is 2. The van der Waals surface area contributed by atoms with Crippen LogP contribution in [0, 0.1) is 0 Å². The Hall–Kier alpha value is -0.980. The van der Waals surface area contributed by atoms with Crippen LogP contribution in [0.1, 0.15) is 33.6 Å². The Balaban J connectivity index is 2.51. The molecule has 0 bridgehead atoms. The van der Waals surface area contributed by atoms with Gasteiger partial charge in [-0.15, -0.1) is 0 Å².